The Balaban J connectivity index is 2.04. The molecule has 2 N–H and O–H groups in total. The predicted octanol–water partition coefficient (Wildman–Crippen LogP) is 3.59. The first-order valence-corrected chi connectivity index (χ1v) is 11.3. The molecule has 0 spiro atoms. The average molecular weight is 329 g/mol. The first kappa shape index (κ1) is 18.4. The Labute approximate surface area is 138 Å². The van der Waals surface area contributed by atoms with Crippen molar-refractivity contribution < 1.29 is 8.85 Å². The van der Waals surface area contributed by atoms with Crippen LogP contribution >= 0.6 is 0 Å². The van der Waals surface area contributed by atoms with Gasteiger partial charge in [0.15, 0.2) is 0 Å². The topological polar surface area (TPSA) is 42.5 Å². The van der Waals surface area contributed by atoms with Gasteiger partial charge in [-0.1, -0.05) is 39.0 Å². The van der Waals surface area contributed by atoms with Gasteiger partial charge in [0.05, 0.1) is 0 Å². The molecule has 5 heteroatoms. The third-order valence-corrected chi connectivity index (χ3v) is 8.11. The molecule has 0 saturated heterocycles. The van der Waals surface area contributed by atoms with E-state index in [1.165, 1.54) is 57.8 Å². The largest absolute Gasteiger partial charge is 0.517 e. The Bertz CT molecular complexity index is 305. The second kappa shape index (κ2) is 9.38. The number of rotatable bonds is 8. The smallest absolute Gasteiger partial charge is 0.371 e. The summed E-state index contributed by atoms with van der Waals surface area (Å²) in [5.41, 5.74) is 0. The maximum absolute atomic E-state index is 6.22. The van der Waals surface area contributed by atoms with Crippen LogP contribution in [0.25, 0.3) is 0 Å². The highest BCUT2D eigenvalue weighted by atomic mass is 28.4. The highest BCUT2D eigenvalue weighted by Crippen LogP contribution is 2.26. The van der Waals surface area contributed by atoms with Crippen LogP contribution in [0.15, 0.2) is 0 Å². The van der Waals surface area contributed by atoms with E-state index >= 15 is 0 Å². The van der Waals surface area contributed by atoms with Crippen LogP contribution in [-0.2, 0) is 8.85 Å². The second-order valence-corrected chi connectivity index (χ2v) is 9.36. The van der Waals surface area contributed by atoms with Crippen molar-refractivity contribution in [2.75, 3.05) is 13.2 Å². The summed E-state index contributed by atoms with van der Waals surface area (Å²) >= 11 is 0. The van der Waals surface area contributed by atoms with Crippen molar-refractivity contribution in [1.82, 2.24) is 9.96 Å². The lowest BCUT2D eigenvalue weighted by Crippen LogP contribution is -2.72. The molecule has 0 aliphatic heterocycles. The van der Waals surface area contributed by atoms with Crippen molar-refractivity contribution in [3.63, 3.8) is 0 Å². The van der Waals surface area contributed by atoms with E-state index in [-0.39, 0.29) is 0 Å². The minimum absolute atomic E-state index is 0.537. The molecule has 4 nitrogen and oxygen atoms in total. The predicted molar refractivity (Wildman–Crippen MR) is 93.6 cm³/mol. The Kier molecular flexibility index (Phi) is 7.84. The van der Waals surface area contributed by atoms with Crippen LogP contribution in [0.1, 0.15) is 78.6 Å². The third kappa shape index (κ3) is 5.30. The van der Waals surface area contributed by atoms with Gasteiger partial charge in [0.1, 0.15) is 0 Å². The summed E-state index contributed by atoms with van der Waals surface area (Å²) in [6.45, 7) is 7.94. The van der Waals surface area contributed by atoms with E-state index in [2.05, 4.69) is 30.7 Å². The maximum Gasteiger partial charge on any atom is 0.517 e. The fraction of sp³-hybridized carbons (Fsp3) is 1.00. The van der Waals surface area contributed by atoms with Gasteiger partial charge in [-0.2, -0.15) is 0 Å². The van der Waals surface area contributed by atoms with E-state index in [0.717, 1.165) is 5.92 Å². The molecule has 2 aliphatic carbocycles. The molecule has 2 atom stereocenters. The van der Waals surface area contributed by atoms with Crippen LogP contribution in [0.3, 0.4) is 0 Å². The van der Waals surface area contributed by atoms with Crippen molar-refractivity contribution in [2.24, 2.45) is 5.92 Å². The van der Waals surface area contributed by atoms with E-state index in [1.54, 1.807) is 0 Å². The summed E-state index contributed by atoms with van der Waals surface area (Å²) < 4.78 is 12.4. The Morgan fingerprint density at radius 2 is 1.41 bits per heavy atom. The summed E-state index contributed by atoms with van der Waals surface area (Å²) in [6.07, 6.45) is 11.8. The number of hydrogen-bond acceptors (Lipinski definition) is 4. The summed E-state index contributed by atoms with van der Waals surface area (Å²) in [5.74, 6) is 0.717. The van der Waals surface area contributed by atoms with Gasteiger partial charge >= 0.3 is 8.88 Å². The minimum Gasteiger partial charge on any atom is -0.371 e. The lowest BCUT2D eigenvalue weighted by Gasteiger charge is -2.40. The zero-order chi connectivity index (χ0) is 15.8. The van der Waals surface area contributed by atoms with Crippen molar-refractivity contribution in [1.29, 1.82) is 0 Å². The lowest BCUT2D eigenvalue weighted by atomic mass is 9.87. The normalized spacial score (nSPS) is 28.0. The van der Waals surface area contributed by atoms with Crippen LogP contribution in [0.4, 0.5) is 0 Å². The number of nitrogens with one attached hydrogen (secondary N) is 2. The van der Waals surface area contributed by atoms with Crippen molar-refractivity contribution in [3.8, 4) is 0 Å². The van der Waals surface area contributed by atoms with Crippen LogP contribution < -0.4 is 9.96 Å². The highest BCUT2D eigenvalue weighted by Gasteiger charge is 2.44. The highest BCUT2D eigenvalue weighted by molar-refractivity contribution is 6.62. The zero-order valence-electron chi connectivity index (χ0n) is 14.8. The van der Waals surface area contributed by atoms with Crippen molar-refractivity contribution >= 4 is 8.88 Å². The second-order valence-electron chi connectivity index (χ2n) is 6.97. The molecule has 2 rings (SSSR count). The molecular formula is C17H36N2O2Si. The summed E-state index contributed by atoms with van der Waals surface area (Å²) in [4.78, 5) is 7.67. The molecule has 0 radical (unpaired) electrons. The van der Waals surface area contributed by atoms with E-state index in [1.807, 2.05) is 0 Å². The molecule has 22 heavy (non-hydrogen) atoms. The summed E-state index contributed by atoms with van der Waals surface area (Å²) in [6, 6.07) is 1.10. The molecule has 2 aliphatic rings. The monoisotopic (exact) mass is 328 g/mol. The Morgan fingerprint density at radius 1 is 0.818 bits per heavy atom. The first-order chi connectivity index (χ1) is 10.7. The standard InChI is InChI=1S/C17H36N2O2Si/c1-4-20-22(21-5-2,18-16-12-7-6-8-13-16)19-17-14-10-9-11-15(17)3/h15-19H,4-14H2,1-3H3. The van der Waals surface area contributed by atoms with Gasteiger partial charge in [-0.25, -0.2) is 0 Å². The van der Waals surface area contributed by atoms with Crippen LogP contribution in [0.5, 0.6) is 0 Å². The molecule has 0 bridgehead atoms. The van der Waals surface area contributed by atoms with E-state index < -0.39 is 8.88 Å². The molecule has 0 aromatic rings. The fourth-order valence-corrected chi connectivity index (χ4v) is 7.00. The summed E-state index contributed by atoms with van der Waals surface area (Å²) in [7, 11) is -2.51. The van der Waals surface area contributed by atoms with E-state index in [0.29, 0.717) is 25.3 Å². The van der Waals surface area contributed by atoms with Gasteiger partial charge in [-0.3, -0.25) is 9.96 Å². The first-order valence-electron chi connectivity index (χ1n) is 9.52. The van der Waals surface area contributed by atoms with Gasteiger partial charge in [0.2, 0.25) is 0 Å². The zero-order valence-corrected chi connectivity index (χ0v) is 15.8. The fourth-order valence-electron chi connectivity index (χ4n) is 3.95. The molecule has 0 heterocycles. The Morgan fingerprint density at radius 3 is 2.00 bits per heavy atom. The van der Waals surface area contributed by atoms with Gasteiger partial charge in [-0.15, -0.1) is 0 Å². The lowest BCUT2D eigenvalue weighted by molar-refractivity contribution is 0.136. The van der Waals surface area contributed by atoms with Crippen molar-refractivity contribution in [2.45, 2.75) is 90.6 Å². The average Bonchev–Trinajstić information content (AvgIpc) is 2.51. The molecule has 130 valence electrons. The van der Waals surface area contributed by atoms with Gasteiger partial charge in [-0.05, 0) is 45.4 Å². The molecular weight excluding hydrogens is 292 g/mol. The maximum atomic E-state index is 6.22. The molecule has 0 aromatic carbocycles. The van der Waals surface area contributed by atoms with Crippen LogP contribution in [0.2, 0.25) is 0 Å². The molecule has 2 fully saturated rings. The van der Waals surface area contributed by atoms with Gasteiger partial charge in [0.25, 0.3) is 0 Å². The van der Waals surface area contributed by atoms with E-state index in [4.69, 9.17) is 8.85 Å². The molecule has 0 amide bonds. The molecule has 2 saturated carbocycles. The number of hydrogen-bond donors (Lipinski definition) is 2. The van der Waals surface area contributed by atoms with Gasteiger partial charge < -0.3 is 8.85 Å². The van der Waals surface area contributed by atoms with E-state index in [9.17, 15) is 0 Å². The minimum atomic E-state index is -2.51. The summed E-state index contributed by atoms with van der Waals surface area (Å²) in [5, 5.41) is 0. The Hall–Kier alpha value is 0.0569. The SMILES string of the molecule is CCO[Si](NC1CCCCC1)(NC1CCCCC1C)OCC. The van der Waals surface area contributed by atoms with Crippen LogP contribution in [-0.4, -0.2) is 34.2 Å². The van der Waals surface area contributed by atoms with Gasteiger partial charge in [0, 0.05) is 25.3 Å². The molecule has 2 unspecified atom stereocenters. The quantitative estimate of drug-likeness (QED) is 0.668. The van der Waals surface area contributed by atoms with Crippen LogP contribution in [0, 0.1) is 5.92 Å². The van der Waals surface area contributed by atoms with Crippen molar-refractivity contribution in [3.05, 3.63) is 0 Å². The molecule has 0 aromatic heterocycles. The third-order valence-electron chi connectivity index (χ3n) is 5.18.